The molecule has 6 aromatic heterocycles. The minimum atomic E-state index is -1.10. The van der Waals surface area contributed by atoms with Crippen LogP contribution in [0, 0.1) is 0 Å². The summed E-state index contributed by atoms with van der Waals surface area (Å²) in [5.41, 5.74) is 5.78. The van der Waals surface area contributed by atoms with Crippen LogP contribution in [0.3, 0.4) is 0 Å². The van der Waals surface area contributed by atoms with Crippen molar-refractivity contribution < 1.29 is 43.8 Å². The zero-order chi connectivity index (χ0) is 35.8. The number of nitrogens with zero attached hydrogens (tertiary/aromatic N) is 10. The van der Waals surface area contributed by atoms with Crippen molar-refractivity contribution in [2.45, 2.75) is 0 Å². The van der Waals surface area contributed by atoms with Crippen molar-refractivity contribution in [1.29, 1.82) is 0 Å². The van der Waals surface area contributed by atoms with Crippen LogP contribution >= 0.6 is 31.9 Å². The molecule has 0 radical (unpaired) electrons. The van der Waals surface area contributed by atoms with Crippen molar-refractivity contribution >= 4 is 65.9 Å². The van der Waals surface area contributed by atoms with Crippen LogP contribution < -0.4 is 18.9 Å². The molecule has 262 valence electrons. The number of aromatic carboxylic acids is 1. The van der Waals surface area contributed by atoms with Crippen molar-refractivity contribution in [1.82, 2.24) is 49.1 Å². The van der Waals surface area contributed by atoms with E-state index in [9.17, 15) is 14.7 Å². The predicted octanol–water partition coefficient (Wildman–Crippen LogP) is 3.48. The van der Waals surface area contributed by atoms with E-state index in [-0.39, 0.29) is 35.7 Å². The van der Waals surface area contributed by atoms with Gasteiger partial charge < -0.3 is 15.3 Å². The monoisotopic (exact) mass is 832 g/mol. The number of aryl methyl sites for hydroxylation is 2. The second-order valence-electron chi connectivity index (χ2n) is 11.2. The van der Waals surface area contributed by atoms with Gasteiger partial charge in [0.05, 0.1) is 40.6 Å². The summed E-state index contributed by atoms with van der Waals surface area (Å²) in [5, 5.41) is 28.0. The third-order valence-electron chi connectivity index (χ3n) is 7.75. The molecule has 8 rings (SSSR count). The Kier molecular flexibility index (Phi) is 11.8. The van der Waals surface area contributed by atoms with Crippen LogP contribution in [0.4, 0.5) is 0 Å². The molecule has 0 aliphatic rings. The molecule has 15 nitrogen and oxygen atoms in total. The van der Waals surface area contributed by atoms with E-state index in [0.29, 0.717) is 22.1 Å². The number of halogens is 2. The average molecular weight is 834 g/mol. The molecule has 8 aromatic rings. The van der Waals surface area contributed by atoms with Crippen LogP contribution in [0.1, 0.15) is 21.0 Å². The molecule has 0 saturated heterocycles. The van der Waals surface area contributed by atoms with Gasteiger partial charge in [-0.2, -0.15) is 20.4 Å². The molecule has 18 heteroatoms. The Bertz CT molecular complexity index is 2620. The van der Waals surface area contributed by atoms with Crippen LogP contribution in [0.15, 0.2) is 107 Å². The van der Waals surface area contributed by atoms with Crippen molar-refractivity contribution in [3.05, 3.63) is 118 Å². The number of carbonyl (C=O) groups is 2. The Morgan fingerprint density at radius 1 is 0.679 bits per heavy atom. The molecule has 2 N–H and O–H groups in total. The summed E-state index contributed by atoms with van der Waals surface area (Å²) in [5.74, 6) is -1.61. The average Bonchev–Trinajstić information content (AvgIpc) is 3.92. The minimum absolute atomic E-state index is 0. The van der Waals surface area contributed by atoms with Crippen molar-refractivity contribution in [3.63, 3.8) is 0 Å². The molecule has 6 heterocycles. The SMILES string of the molecule is COC(=O)c1nn(-c2cccc(Br)c2)c2ncc(-c3ccn(C)n3)cc12.Cn1ccc(-c2cnc3c(c2)c(C(=O)O)nn3-c2cccc(Br)c2)n1.[Li+].[OH-]. The topological polar surface area (TPSA) is 191 Å². The molecule has 53 heavy (non-hydrogen) atoms. The number of methoxy groups -OCH3 is 1. The van der Waals surface area contributed by atoms with Crippen molar-refractivity contribution in [3.8, 4) is 33.9 Å². The first-order valence-corrected chi connectivity index (χ1v) is 16.8. The third kappa shape index (κ3) is 7.84. The number of hydrogen-bond acceptors (Lipinski definition) is 10. The third-order valence-corrected chi connectivity index (χ3v) is 8.74. The number of hydrogen-bond donors (Lipinski definition) is 1. The van der Waals surface area contributed by atoms with E-state index in [4.69, 9.17) is 4.74 Å². The van der Waals surface area contributed by atoms with E-state index in [2.05, 4.69) is 62.2 Å². The van der Waals surface area contributed by atoms with Gasteiger partial charge >= 0.3 is 30.8 Å². The maximum absolute atomic E-state index is 12.2. The Labute approximate surface area is 330 Å². The molecule has 0 fully saturated rings. The summed E-state index contributed by atoms with van der Waals surface area (Å²) in [7, 11) is 5.01. The first-order valence-electron chi connectivity index (χ1n) is 15.2. The first-order chi connectivity index (χ1) is 24.6. The van der Waals surface area contributed by atoms with Crippen LogP contribution in [0.2, 0.25) is 0 Å². The number of carbonyl (C=O) groups excluding carboxylic acids is 1. The van der Waals surface area contributed by atoms with Gasteiger partial charge in [-0.15, -0.1) is 0 Å². The standard InChI is InChI=1S/C18H14BrN5O2.C17H12BrN5O2.Li.H2O/c1-23-7-6-15(21-23)11-8-14-16(18(25)26-2)22-24(17(14)20-10-11)13-5-3-4-12(19)9-13;1-22-6-5-14(20-22)10-7-13-15(17(24)25)21-23(16(13)19-9-10)12-4-2-3-11(18)8-12;;/h3-10H,1-2H3;2-9H,1H3,(H,24,25);;1H2/q;;+1;/p-1. The number of aromatic nitrogens is 10. The Balaban J connectivity index is 0.000000197. The summed E-state index contributed by atoms with van der Waals surface area (Å²) in [6.07, 6.45) is 7.07. The van der Waals surface area contributed by atoms with Crippen LogP contribution in [-0.4, -0.2) is 78.7 Å². The maximum Gasteiger partial charge on any atom is 1.00 e. The summed E-state index contributed by atoms with van der Waals surface area (Å²) in [6, 6.07) is 22.4. The largest absolute Gasteiger partial charge is 1.00 e. The van der Waals surface area contributed by atoms with E-state index in [1.807, 2.05) is 93.2 Å². The summed E-state index contributed by atoms with van der Waals surface area (Å²) < 4.78 is 13.2. The molecule has 0 bridgehead atoms. The molecular weight excluding hydrogens is 807 g/mol. The van der Waals surface area contributed by atoms with Gasteiger partial charge in [-0.1, -0.05) is 44.0 Å². The number of carboxylic acid groups (broad SMARTS) is 1. The van der Waals surface area contributed by atoms with E-state index < -0.39 is 11.9 Å². The Morgan fingerprint density at radius 2 is 1.13 bits per heavy atom. The van der Waals surface area contributed by atoms with Gasteiger partial charge in [0.25, 0.3) is 0 Å². The second-order valence-corrected chi connectivity index (χ2v) is 13.0. The van der Waals surface area contributed by atoms with Gasteiger partial charge in [0.2, 0.25) is 0 Å². The fourth-order valence-electron chi connectivity index (χ4n) is 5.40. The van der Waals surface area contributed by atoms with E-state index in [1.165, 1.54) is 11.8 Å². The van der Waals surface area contributed by atoms with E-state index in [0.717, 1.165) is 42.8 Å². The van der Waals surface area contributed by atoms with Crippen molar-refractivity contribution in [2.75, 3.05) is 7.11 Å². The number of ether oxygens (including phenoxy) is 1. The molecule has 0 unspecified atom stereocenters. The maximum atomic E-state index is 12.2. The zero-order valence-corrected chi connectivity index (χ0v) is 31.8. The fourth-order valence-corrected chi connectivity index (χ4v) is 6.18. The van der Waals surface area contributed by atoms with Gasteiger partial charge in [-0.3, -0.25) is 9.36 Å². The van der Waals surface area contributed by atoms with E-state index >= 15 is 0 Å². The van der Waals surface area contributed by atoms with Gasteiger partial charge in [-0.05, 0) is 60.7 Å². The Hall–Kier alpha value is -5.44. The van der Waals surface area contributed by atoms with Crippen LogP contribution in [-0.2, 0) is 18.8 Å². The van der Waals surface area contributed by atoms with Gasteiger partial charge in [0.15, 0.2) is 22.7 Å². The van der Waals surface area contributed by atoms with Crippen molar-refractivity contribution in [2.24, 2.45) is 14.1 Å². The predicted molar refractivity (Wildman–Crippen MR) is 198 cm³/mol. The normalized spacial score (nSPS) is 10.7. The first kappa shape index (κ1) is 38.8. The molecule has 0 aliphatic heterocycles. The molecular formula is C35H27Br2LiN10O5. The number of rotatable bonds is 6. The number of pyridine rings is 2. The van der Waals surface area contributed by atoms with Gasteiger partial charge in [0.1, 0.15) is 0 Å². The summed E-state index contributed by atoms with van der Waals surface area (Å²) in [4.78, 5) is 32.9. The fraction of sp³-hybridized carbons (Fsp3) is 0.0857. The summed E-state index contributed by atoms with van der Waals surface area (Å²) >= 11 is 6.87. The van der Waals surface area contributed by atoms with E-state index in [1.54, 1.807) is 32.5 Å². The van der Waals surface area contributed by atoms with Gasteiger partial charge in [0, 0.05) is 59.0 Å². The number of benzene rings is 2. The minimum Gasteiger partial charge on any atom is -0.870 e. The summed E-state index contributed by atoms with van der Waals surface area (Å²) in [6.45, 7) is 0. The molecule has 0 amide bonds. The number of esters is 1. The molecule has 0 atom stereocenters. The smallest absolute Gasteiger partial charge is 0.870 e. The quantitative estimate of drug-likeness (QED) is 0.191. The van der Waals surface area contributed by atoms with Gasteiger partial charge in [-0.25, -0.2) is 28.9 Å². The Morgan fingerprint density at radius 3 is 1.53 bits per heavy atom. The molecule has 0 saturated carbocycles. The van der Waals surface area contributed by atoms with Crippen LogP contribution in [0.25, 0.3) is 56.0 Å². The molecule has 0 spiro atoms. The second kappa shape index (κ2) is 16.1. The number of carboxylic acids is 1. The number of fused-ring (bicyclic) bond motifs is 2. The molecule has 2 aromatic carbocycles. The molecule has 0 aliphatic carbocycles. The van der Waals surface area contributed by atoms with Crippen LogP contribution in [0.5, 0.6) is 0 Å². The zero-order valence-electron chi connectivity index (χ0n) is 28.6.